The predicted octanol–water partition coefficient (Wildman–Crippen LogP) is 3.64. The largest absolute Gasteiger partial charge is 0.390 e. The fourth-order valence-electron chi connectivity index (χ4n) is 2.65. The van der Waals surface area contributed by atoms with E-state index in [0.717, 1.165) is 28.3 Å². The van der Waals surface area contributed by atoms with Gasteiger partial charge in [0.1, 0.15) is 11.3 Å². The minimum Gasteiger partial charge on any atom is -0.390 e. The van der Waals surface area contributed by atoms with E-state index in [1.165, 1.54) is 23.2 Å². The van der Waals surface area contributed by atoms with Gasteiger partial charge in [-0.3, -0.25) is 4.98 Å². The van der Waals surface area contributed by atoms with E-state index in [4.69, 9.17) is 10.7 Å². The van der Waals surface area contributed by atoms with Crippen molar-refractivity contribution in [2.75, 3.05) is 5.73 Å². The number of aryl methyl sites for hydroxylation is 1. The number of imidazole rings is 1. The zero-order chi connectivity index (χ0) is 13.7. The van der Waals surface area contributed by atoms with E-state index in [0.29, 0.717) is 6.04 Å². The second-order valence-electron chi connectivity index (χ2n) is 5.25. The smallest absolute Gasteiger partial charge is 0.144 e. The highest BCUT2D eigenvalue weighted by atomic mass is 32.1. The quantitative estimate of drug-likeness (QED) is 0.799. The molecule has 102 valence electrons. The first-order chi connectivity index (χ1) is 9.78. The molecule has 5 heteroatoms. The van der Waals surface area contributed by atoms with Crippen LogP contribution in [0.2, 0.25) is 0 Å². The standard InChI is InChI=1S/C15H16N4S/c1-2-10-7-11(14(16)20-10)15-18-12-8-17-6-5-13(12)19(15)9-3-4-9/h5-9H,2-4,16H2,1H3. The number of fused-ring (bicyclic) bond motifs is 1. The predicted molar refractivity (Wildman–Crippen MR) is 82.9 cm³/mol. The van der Waals surface area contributed by atoms with Crippen molar-refractivity contribution < 1.29 is 0 Å². The van der Waals surface area contributed by atoms with Gasteiger partial charge in [0.15, 0.2) is 0 Å². The van der Waals surface area contributed by atoms with Crippen LogP contribution in [0, 0.1) is 0 Å². The Kier molecular flexibility index (Phi) is 2.57. The van der Waals surface area contributed by atoms with Crippen molar-refractivity contribution in [1.82, 2.24) is 14.5 Å². The number of nitrogens with zero attached hydrogens (tertiary/aromatic N) is 3. The lowest BCUT2D eigenvalue weighted by atomic mass is 10.2. The third-order valence-corrected chi connectivity index (χ3v) is 4.91. The van der Waals surface area contributed by atoms with Crippen LogP contribution in [0.4, 0.5) is 5.00 Å². The highest BCUT2D eigenvalue weighted by molar-refractivity contribution is 7.16. The zero-order valence-corrected chi connectivity index (χ0v) is 12.2. The van der Waals surface area contributed by atoms with E-state index in [9.17, 15) is 0 Å². The van der Waals surface area contributed by atoms with E-state index in [2.05, 4.69) is 22.5 Å². The summed E-state index contributed by atoms with van der Waals surface area (Å²) >= 11 is 1.67. The lowest BCUT2D eigenvalue weighted by Crippen LogP contribution is -1.98. The summed E-state index contributed by atoms with van der Waals surface area (Å²) < 4.78 is 2.34. The topological polar surface area (TPSA) is 56.7 Å². The molecule has 0 aromatic carbocycles. The number of nitrogen functional groups attached to an aromatic ring is 1. The fraction of sp³-hybridized carbons (Fsp3) is 0.333. The SMILES string of the molecule is CCc1cc(-c2nc3cnccc3n2C2CC2)c(N)s1. The molecule has 0 saturated heterocycles. The summed E-state index contributed by atoms with van der Waals surface area (Å²) in [5.41, 5.74) is 9.41. The summed E-state index contributed by atoms with van der Waals surface area (Å²) in [6.45, 7) is 2.16. The van der Waals surface area contributed by atoms with E-state index in [1.807, 2.05) is 18.5 Å². The van der Waals surface area contributed by atoms with Gasteiger partial charge in [-0.2, -0.15) is 0 Å². The molecule has 0 aliphatic heterocycles. The Balaban J connectivity index is 1.98. The summed E-state index contributed by atoms with van der Waals surface area (Å²) in [6, 6.07) is 4.81. The van der Waals surface area contributed by atoms with Gasteiger partial charge in [0.25, 0.3) is 0 Å². The Morgan fingerprint density at radius 1 is 1.45 bits per heavy atom. The van der Waals surface area contributed by atoms with E-state index < -0.39 is 0 Å². The minimum atomic E-state index is 0.571. The zero-order valence-electron chi connectivity index (χ0n) is 11.3. The van der Waals surface area contributed by atoms with Gasteiger partial charge in [-0.1, -0.05) is 6.92 Å². The number of pyridine rings is 1. The van der Waals surface area contributed by atoms with Crippen molar-refractivity contribution in [3.8, 4) is 11.4 Å². The molecule has 0 spiro atoms. The summed E-state index contributed by atoms with van der Waals surface area (Å²) in [5, 5.41) is 0.868. The molecule has 1 aliphatic rings. The van der Waals surface area contributed by atoms with Crippen LogP contribution in [0.1, 0.15) is 30.7 Å². The van der Waals surface area contributed by atoms with Crippen LogP contribution in [0.3, 0.4) is 0 Å². The van der Waals surface area contributed by atoms with Crippen molar-refractivity contribution in [1.29, 1.82) is 0 Å². The van der Waals surface area contributed by atoms with Crippen molar-refractivity contribution in [2.24, 2.45) is 0 Å². The van der Waals surface area contributed by atoms with E-state index in [1.54, 1.807) is 11.3 Å². The Labute approximate surface area is 121 Å². The molecule has 0 atom stereocenters. The van der Waals surface area contributed by atoms with Crippen LogP contribution in [0.25, 0.3) is 22.4 Å². The molecule has 3 aromatic heterocycles. The second-order valence-corrected chi connectivity index (χ2v) is 6.41. The van der Waals surface area contributed by atoms with Crippen molar-refractivity contribution in [2.45, 2.75) is 32.2 Å². The summed E-state index contributed by atoms with van der Waals surface area (Å²) in [5.74, 6) is 1.00. The number of rotatable bonds is 3. The maximum Gasteiger partial charge on any atom is 0.144 e. The molecule has 0 amide bonds. The van der Waals surface area contributed by atoms with Gasteiger partial charge in [-0.15, -0.1) is 11.3 Å². The Bertz CT molecular complexity index is 782. The normalized spacial score (nSPS) is 15.1. The van der Waals surface area contributed by atoms with Gasteiger partial charge in [0.05, 0.1) is 22.3 Å². The average Bonchev–Trinajstić information content (AvgIpc) is 3.12. The van der Waals surface area contributed by atoms with Crippen LogP contribution in [0.15, 0.2) is 24.5 Å². The Hall–Kier alpha value is -1.88. The third kappa shape index (κ3) is 1.73. The third-order valence-electron chi connectivity index (χ3n) is 3.81. The lowest BCUT2D eigenvalue weighted by molar-refractivity contribution is 0.775. The van der Waals surface area contributed by atoms with Gasteiger partial charge in [-0.25, -0.2) is 4.98 Å². The molecular weight excluding hydrogens is 268 g/mol. The van der Waals surface area contributed by atoms with Gasteiger partial charge in [-0.05, 0) is 31.4 Å². The molecule has 3 aromatic rings. The number of hydrogen-bond acceptors (Lipinski definition) is 4. The molecule has 0 bridgehead atoms. The van der Waals surface area contributed by atoms with Gasteiger partial charge >= 0.3 is 0 Å². The molecule has 20 heavy (non-hydrogen) atoms. The van der Waals surface area contributed by atoms with E-state index >= 15 is 0 Å². The maximum absolute atomic E-state index is 6.21. The number of aromatic nitrogens is 3. The lowest BCUT2D eigenvalue weighted by Gasteiger charge is -2.06. The number of thiophene rings is 1. The van der Waals surface area contributed by atoms with Crippen LogP contribution < -0.4 is 5.73 Å². The number of hydrogen-bond donors (Lipinski definition) is 1. The first-order valence-electron chi connectivity index (χ1n) is 6.98. The molecule has 2 N–H and O–H groups in total. The highest BCUT2D eigenvalue weighted by Crippen LogP contribution is 2.43. The van der Waals surface area contributed by atoms with Crippen LogP contribution in [0.5, 0.6) is 0 Å². The molecule has 0 unspecified atom stereocenters. The monoisotopic (exact) mass is 284 g/mol. The van der Waals surface area contributed by atoms with Crippen LogP contribution >= 0.6 is 11.3 Å². The first-order valence-corrected chi connectivity index (χ1v) is 7.80. The van der Waals surface area contributed by atoms with Crippen LogP contribution in [-0.2, 0) is 6.42 Å². The van der Waals surface area contributed by atoms with Gasteiger partial charge in [0.2, 0.25) is 0 Å². The van der Waals surface area contributed by atoms with Gasteiger partial charge in [0, 0.05) is 17.1 Å². The van der Waals surface area contributed by atoms with E-state index in [-0.39, 0.29) is 0 Å². The average molecular weight is 284 g/mol. The maximum atomic E-state index is 6.21. The number of nitrogens with two attached hydrogens (primary N) is 1. The molecule has 1 aliphatic carbocycles. The molecule has 4 rings (SSSR count). The molecular formula is C15H16N4S. The molecule has 1 saturated carbocycles. The van der Waals surface area contributed by atoms with Crippen LogP contribution in [-0.4, -0.2) is 14.5 Å². The fourth-order valence-corrected chi connectivity index (χ4v) is 3.51. The summed E-state index contributed by atoms with van der Waals surface area (Å²) in [6.07, 6.45) is 7.14. The van der Waals surface area contributed by atoms with Gasteiger partial charge < -0.3 is 10.3 Å². The van der Waals surface area contributed by atoms with Crippen molar-refractivity contribution in [3.05, 3.63) is 29.4 Å². The van der Waals surface area contributed by atoms with Crippen molar-refractivity contribution in [3.63, 3.8) is 0 Å². The summed E-state index contributed by atoms with van der Waals surface area (Å²) in [7, 11) is 0. The molecule has 0 radical (unpaired) electrons. The molecule has 1 fully saturated rings. The first kappa shape index (κ1) is 11.9. The summed E-state index contributed by atoms with van der Waals surface area (Å²) in [4.78, 5) is 10.3. The van der Waals surface area contributed by atoms with Crippen molar-refractivity contribution >= 4 is 27.4 Å². The molecule has 4 nitrogen and oxygen atoms in total. The Morgan fingerprint density at radius 3 is 3.00 bits per heavy atom. The highest BCUT2D eigenvalue weighted by Gasteiger charge is 2.29. The second kappa shape index (κ2) is 4.31. The molecule has 3 heterocycles. The minimum absolute atomic E-state index is 0.571. The number of anilines is 1. The Morgan fingerprint density at radius 2 is 2.30 bits per heavy atom.